The summed E-state index contributed by atoms with van der Waals surface area (Å²) in [6.45, 7) is 0. The molecule has 37 heavy (non-hydrogen) atoms. The van der Waals surface area contributed by atoms with Gasteiger partial charge in [-0.3, -0.25) is 4.79 Å². The first-order chi connectivity index (χ1) is 17.7. The second-order valence-electron chi connectivity index (χ2n) is 9.36. The van der Waals surface area contributed by atoms with Crippen molar-refractivity contribution in [3.8, 4) is 10.8 Å². The van der Waals surface area contributed by atoms with Crippen molar-refractivity contribution in [2.45, 2.75) is 55.6 Å². The van der Waals surface area contributed by atoms with Gasteiger partial charge in [0.15, 0.2) is 21.3 Å². The zero-order chi connectivity index (χ0) is 26.4. The fourth-order valence-electron chi connectivity index (χ4n) is 4.64. The van der Waals surface area contributed by atoms with Crippen molar-refractivity contribution in [3.05, 3.63) is 65.9 Å². The van der Waals surface area contributed by atoms with Gasteiger partial charge >= 0.3 is 0 Å². The summed E-state index contributed by atoms with van der Waals surface area (Å²) in [5.74, 6) is 0.527. The molecule has 1 amide bonds. The van der Waals surface area contributed by atoms with Gasteiger partial charge in [-0.2, -0.15) is 0 Å². The van der Waals surface area contributed by atoms with Crippen molar-refractivity contribution in [3.63, 3.8) is 0 Å². The number of anilines is 1. The Morgan fingerprint density at radius 1 is 1.16 bits per heavy atom. The number of amides is 1. The first kappa shape index (κ1) is 27.3. The Hall–Kier alpha value is -2.79. The van der Waals surface area contributed by atoms with Crippen LogP contribution in [0.1, 0.15) is 61.9 Å². The molecule has 198 valence electrons. The maximum absolute atomic E-state index is 13.4. The van der Waals surface area contributed by atoms with Crippen molar-refractivity contribution < 1.29 is 27.8 Å². The third-order valence-electron chi connectivity index (χ3n) is 6.67. The summed E-state index contributed by atoms with van der Waals surface area (Å²) in [5, 5.41) is 13.7. The van der Waals surface area contributed by atoms with Crippen LogP contribution in [0.2, 0.25) is 0 Å². The molecule has 0 radical (unpaired) electrons. The minimum atomic E-state index is -3.32. The summed E-state index contributed by atoms with van der Waals surface area (Å²) < 4.78 is 34.5. The van der Waals surface area contributed by atoms with Crippen LogP contribution in [0.3, 0.4) is 0 Å². The highest BCUT2D eigenvalue weighted by molar-refractivity contribution is 7.90. The van der Waals surface area contributed by atoms with Gasteiger partial charge in [0.1, 0.15) is 5.75 Å². The van der Waals surface area contributed by atoms with Crippen LogP contribution < -0.4 is 10.1 Å². The van der Waals surface area contributed by atoms with Crippen LogP contribution in [0.25, 0.3) is 0 Å². The number of rotatable bonds is 11. The standard InChI is InChI=1S/C27H32N2O6S2/c1-34-26(31)20-8-5-9-21(16-20)35-24-17-28-27(36-24)29-25(30)23(15-10-18-6-3-4-7-18)19-11-13-22(14-12-19)37(2,32)33/h5,8-9,11-14,16-18,23,26,31H,3-4,6-7,10,15H2,1-2H3,(H,28,29,30)/t23-,26?/m1/s1. The number of aromatic nitrogens is 1. The molecule has 1 aliphatic rings. The van der Waals surface area contributed by atoms with E-state index in [1.165, 1.54) is 56.6 Å². The largest absolute Gasteiger partial charge is 0.445 e. The molecule has 0 saturated heterocycles. The van der Waals surface area contributed by atoms with E-state index < -0.39 is 22.0 Å². The van der Waals surface area contributed by atoms with Gasteiger partial charge < -0.3 is 19.9 Å². The number of nitrogens with one attached hydrogen (secondary N) is 1. The topological polar surface area (TPSA) is 115 Å². The van der Waals surface area contributed by atoms with Gasteiger partial charge in [-0.25, -0.2) is 13.4 Å². The Morgan fingerprint density at radius 3 is 2.57 bits per heavy atom. The summed E-state index contributed by atoms with van der Waals surface area (Å²) in [4.78, 5) is 17.9. The lowest BCUT2D eigenvalue weighted by Crippen LogP contribution is -2.22. The van der Waals surface area contributed by atoms with Gasteiger partial charge in [-0.1, -0.05) is 61.3 Å². The van der Waals surface area contributed by atoms with E-state index in [-0.39, 0.29) is 10.8 Å². The van der Waals surface area contributed by atoms with Crippen LogP contribution in [0, 0.1) is 5.92 Å². The Balaban J connectivity index is 1.46. The molecule has 1 fully saturated rings. The fourth-order valence-corrected chi connectivity index (χ4v) is 5.96. The third kappa shape index (κ3) is 7.38. The first-order valence-electron chi connectivity index (χ1n) is 12.3. The number of sulfone groups is 1. The number of aliphatic hydroxyl groups is 1. The first-order valence-corrected chi connectivity index (χ1v) is 15.0. The molecular weight excluding hydrogens is 512 g/mol. The van der Waals surface area contributed by atoms with Crippen molar-refractivity contribution in [1.29, 1.82) is 0 Å². The SMILES string of the molecule is COC(O)c1cccc(Oc2cnc(NC(=O)[C@H](CCC3CCCC3)c3ccc(S(C)(=O)=O)cc3)s2)c1. The minimum absolute atomic E-state index is 0.184. The molecule has 1 saturated carbocycles. The quantitative estimate of drug-likeness (QED) is 0.299. The molecule has 1 unspecified atom stereocenters. The number of thiazole rings is 1. The number of carbonyl (C=O) groups is 1. The third-order valence-corrected chi connectivity index (χ3v) is 8.58. The number of nitrogens with zero attached hydrogens (tertiary/aromatic N) is 1. The zero-order valence-corrected chi connectivity index (χ0v) is 22.6. The number of ether oxygens (including phenoxy) is 2. The maximum Gasteiger partial charge on any atom is 0.233 e. The molecule has 3 aromatic rings. The average Bonchev–Trinajstić information content (AvgIpc) is 3.56. The van der Waals surface area contributed by atoms with Crippen LogP contribution in [0.4, 0.5) is 5.13 Å². The molecule has 1 aromatic heterocycles. The fraction of sp³-hybridized carbons (Fsp3) is 0.407. The second kappa shape index (κ2) is 12.2. The van der Waals surface area contributed by atoms with E-state index in [1.807, 2.05) is 0 Å². The maximum atomic E-state index is 13.4. The van der Waals surface area contributed by atoms with Crippen molar-refractivity contribution in [2.24, 2.45) is 5.92 Å². The van der Waals surface area contributed by atoms with E-state index >= 15 is 0 Å². The predicted octanol–water partition coefficient (Wildman–Crippen LogP) is 5.67. The summed E-state index contributed by atoms with van der Waals surface area (Å²) in [7, 11) is -1.90. The van der Waals surface area contributed by atoms with Crippen LogP contribution in [0.15, 0.2) is 59.6 Å². The monoisotopic (exact) mass is 544 g/mol. The van der Waals surface area contributed by atoms with E-state index in [2.05, 4.69) is 10.3 Å². The van der Waals surface area contributed by atoms with Crippen molar-refractivity contribution in [2.75, 3.05) is 18.7 Å². The minimum Gasteiger partial charge on any atom is -0.445 e. The van der Waals surface area contributed by atoms with Crippen LogP contribution in [-0.2, 0) is 19.4 Å². The lowest BCUT2D eigenvalue weighted by molar-refractivity contribution is -0.117. The normalized spacial score (nSPS) is 15.9. The van der Waals surface area contributed by atoms with Crippen LogP contribution >= 0.6 is 11.3 Å². The van der Waals surface area contributed by atoms with E-state index in [0.29, 0.717) is 33.8 Å². The molecule has 0 spiro atoms. The molecule has 2 aromatic carbocycles. The molecule has 2 atom stereocenters. The lowest BCUT2D eigenvalue weighted by Gasteiger charge is -2.19. The summed E-state index contributed by atoms with van der Waals surface area (Å²) >= 11 is 1.20. The Kier molecular flexibility index (Phi) is 8.96. The van der Waals surface area contributed by atoms with Gasteiger partial charge in [0.2, 0.25) is 11.0 Å². The highest BCUT2D eigenvalue weighted by Crippen LogP contribution is 2.35. The zero-order valence-electron chi connectivity index (χ0n) is 20.9. The Bertz CT molecular complexity index is 1300. The second-order valence-corrected chi connectivity index (χ2v) is 12.4. The van der Waals surface area contributed by atoms with Crippen LogP contribution in [0.5, 0.6) is 10.8 Å². The average molecular weight is 545 g/mol. The van der Waals surface area contributed by atoms with Gasteiger partial charge in [-0.15, -0.1) is 0 Å². The number of aliphatic hydroxyl groups excluding tert-OH is 1. The number of benzene rings is 2. The summed E-state index contributed by atoms with van der Waals surface area (Å²) in [5.41, 5.74) is 1.34. The van der Waals surface area contributed by atoms with E-state index in [4.69, 9.17) is 9.47 Å². The highest BCUT2D eigenvalue weighted by Gasteiger charge is 2.25. The van der Waals surface area contributed by atoms with E-state index in [9.17, 15) is 18.3 Å². The van der Waals surface area contributed by atoms with E-state index in [1.54, 1.807) is 48.5 Å². The molecule has 4 rings (SSSR count). The van der Waals surface area contributed by atoms with Crippen LogP contribution in [-0.4, -0.2) is 37.8 Å². The molecule has 0 bridgehead atoms. The molecule has 2 N–H and O–H groups in total. The van der Waals surface area contributed by atoms with E-state index in [0.717, 1.165) is 12.0 Å². The highest BCUT2D eigenvalue weighted by atomic mass is 32.2. The molecular formula is C27H32N2O6S2. The Labute approximate surface area is 221 Å². The van der Waals surface area contributed by atoms with Gasteiger partial charge in [0, 0.05) is 18.9 Å². The van der Waals surface area contributed by atoms with Gasteiger partial charge in [-0.05, 0) is 48.6 Å². The molecule has 0 aliphatic heterocycles. The summed E-state index contributed by atoms with van der Waals surface area (Å²) in [6, 6.07) is 13.5. The van der Waals surface area contributed by atoms with Crippen molar-refractivity contribution in [1.82, 2.24) is 4.98 Å². The number of methoxy groups -OCH3 is 1. The molecule has 1 heterocycles. The molecule has 8 nitrogen and oxygen atoms in total. The van der Waals surface area contributed by atoms with Gasteiger partial charge in [0.25, 0.3) is 0 Å². The van der Waals surface area contributed by atoms with Gasteiger partial charge in [0.05, 0.1) is 17.0 Å². The smallest absolute Gasteiger partial charge is 0.233 e. The number of hydrogen-bond acceptors (Lipinski definition) is 8. The molecule has 1 aliphatic carbocycles. The number of carbonyl (C=O) groups excluding carboxylic acids is 1. The van der Waals surface area contributed by atoms with Crippen molar-refractivity contribution >= 4 is 32.2 Å². The molecule has 10 heteroatoms. The number of hydrogen-bond donors (Lipinski definition) is 2. The lowest BCUT2D eigenvalue weighted by atomic mass is 9.89. The Morgan fingerprint density at radius 2 is 1.89 bits per heavy atom. The summed E-state index contributed by atoms with van der Waals surface area (Å²) in [6.07, 6.45) is 8.14. The predicted molar refractivity (Wildman–Crippen MR) is 143 cm³/mol.